The number of aryl methyl sites for hydroxylation is 1. The number of hydrogen-bond acceptors (Lipinski definition) is 12. The molecule has 13 nitrogen and oxygen atoms in total. The van der Waals surface area contributed by atoms with Gasteiger partial charge in [-0.25, -0.2) is 0 Å². The molecule has 5 unspecified atom stereocenters. The van der Waals surface area contributed by atoms with Gasteiger partial charge in [-0.05, 0) is 79.0 Å². The van der Waals surface area contributed by atoms with E-state index in [0.29, 0.717) is 106 Å². The molecule has 0 N–H and O–H groups in total. The Hall–Kier alpha value is -1.46. The van der Waals surface area contributed by atoms with Crippen molar-refractivity contribution in [1.82, 2.24) is 0 Å². The van der Waals surface area contributed by atoms with Crippen molar-refractivity contribution in [1.29, 1.82) is 0 Å². The van der Waals surface area contributed by atoms with E-state index in [1.54, 1.807) is 0 Å². The van der Waals surface area contributed by atoms with Gasteiger partial charge in [0.25, 0.3) is 0 Å². The van der Waals surface area contributed by atoms with Crippen LogP contribution in [0.5, 0.6) is 0 Å². The van der Waals surface area contributed by atoms with E-state index in [0.717, 1.165) is 37.1 Å². The highest BCUT2D eigenvalue weighted by Crippen LogP contribution is 2.15. The van der Waals surface area contributed by atoms with E-state index in [2.05, 4.69) is 77.9 Å². The van der Waals surface area contributed by atoms with Crippen molar-refractivity contribution in [2.24, 2.45) is 0 Å². The lowest BCUT2D eigenvalue weighted by molar-refractivity contribution is -0.891. The zero-order chi connectivity index (χ0) is 42.7. The summed E-state index contributed by atoms with van der Waals surface area (Å²) in [5, 5.41) is 0. The lowest BCUT2D eigenvalue weighted by Crippen LogP contribution is -2.43. The summed E-state index contributed by atoms with van der Waals surface area (Å²) in [4.78, 5) is 2.32. The molecule has 1 rings (SSSR count). The number of nitrogens with zero attached hydrogens (tertiary/aromatic N) is 2. The molecule has 0 amide bonds. The van der Waals surface area contributed by atoms with Crippen molar-refractivity contribution in [2.45, 2.75) is 105 Å². The Balaban J connectivity index is 1.86. The van der Waals surface area contributed by atoms with Gasteiger partial charge in [-0.1, -0.05) is 25.5 Å². The number of rotatable bonds is 42. The number of likely N-dealkylation sites (N-methyl/N-ethyl adjacent to an activating group) is 2. The van der Waals surface area contributed by atoms with Gasteiger partial charge < -0.3 is 61.5 Å². The fraction of sp³-hybridized carbons (Fsp3) is 0.867. The topological polar surface area (TPSA) is 105 Å². The zero-order valence-corrected chi connectivity index (χ0v) is 38.6. The second-order valence-corrected chi connectivity index (χ2v) is 15.9. The van der Waals surface area contributed by atoms with Gasteiger partial charge in [-0.3, -0.25) is 0 Å². The molecule has 13 heteroatoms. The molecule has 0 spiro atoms. The van der Waals surface area contributed by atoms with E-state index in [9.17, 15) is 0 Å². The predicted molar refractivity (Wildman–Crippen MR) is 232 cm³/mol. The molecule has 0 radical (unpaired) electrons. The van der Waals surface area contributed by atoms with Crippen molar-refractivity contribution in [2.75, 3.05) is 157 Å². The molecule has 0 aliphatic carbocycles. The SMILES string of the molecule is CCCC[N+](C)(C)CCOC(C)COC(C)COC(C)COC(C)COC(C)CCOCCOCCOCCOCCOCCOCCN(CC)c1cccc(C)c1. The van der Waals surface area contributed by atoms with E-state index >= 15 is 0 Å². The van der Waals surface area contributed by atoms with E-state index in [1.807, 2.05) is 20.8 Å². The molecule has 1 aromatic rings. The molecule has 0 saturated carbocycles. The second-order valence-electron chi connectivity index (χ2n) is 15.9. The van der Waals surface area contributed by atoms with Crippen molar-refractivity contribution in [3.8, 4) is 0 Å². The Morgan fingerprint density at radius 3 is 1.40 bits per heavy atom. The van der Waals surface area contributed by atoms with Crippen molar-refractivity contribution in [3.63, 3.8) is 0 Å². The van der Waals surface area contributed by atoms with Crippen LogP contribution in [-0.4, -0.2) is 188 Å². The molecule has 0 saturated heterocycles. The molecule has 342 valence electrons. The van der Waals surface area contributed by atoms with Crippen LogP contribution in [0.2, 0.25) is 0 Å². The molecular formula is C45H87N2O11+. The third-order valence-corrected chi connectivity index (χ3v) is 9.46. The van der Waals surface area contributed by atoms with Crippen molar-refractivity contribution in [3.05, 3.63) is 29.8 Å². The van der Waals surface area contributed by atoms with Gasteiger partial charge in [0, 0.05) is 25.4 Å². The number of unbranched alkanes of at least 4 members (excludes halogenated alkanes) is 1. The first kappa shape index (κ1) is 54.6. The maximum Gasteiger partial charge on any atom is 0.102 e. The van der Waals surface area contributed by atoms with Crippen LogP contribution in [0.3, 0.4) is 0 Å². The van der Waals surface area contributed by atoms with E-state index < -0.39 is 0 Å². The van der Waals surface area contributed by atoms with Crippen LogP contribution in [0.1, 0.15) is 73.3 Å². The highest BCUT2D eigenvalue weighted by Gasteiger charge is 2.16. The van der Waals surface area contributed by atoms with Crippen molar-refractivity contribution < 1.29 is 56.6 Å². The summed E-state index contributed by atoms with van der Waals surface area (Å²) in [6, 6.07) is 8.56. The predicted octanol–water partition coefficient (Wildman–Crippen LogP) is 6.21. The van der Waals surface area contributed by atoms with Crippen LogP contribution in [0, 0.1) is 6.92 Å². The van der Waals surface area contributed by atoms with Crippen LogP contribution in [0.4, 0.5) is 5.69 Å². The molecule has 0 aliphatic rings. The first-order valence-electron chi connectivity index (χ1n) is 22.1. The highest BCUT2D eigenvalue weighted by atomic mass is 16.6. The summed E-state index contributed by atoms with van der Waals surface area (Å²) in [6.07, 6.45) is 3.32. The van der Waals surface area contributed by atoms with Gasteiger partial charge >= 0.3 is 0 Å². The summed E-state index contributed by atoms with van der Waals surface area (Å²) in [5.74, 6) is 0. The first-order valence-corrected chi connectivity index (χ1v) is 22.1. The summed E-state index contributed by atoms with van der Waals surface area (Å²) in [7, 11) is 4.53. The fourth-order valence-electron chi connectivity index (χ4n) is 5.59. The Labute approximate surface area is 354 Å². The third-order valence-electron chi connectivity index (χ3n) is 9.46. The largest absolute Gasteiger partial charge is 0.379 e. The monoisotopic (exact) mass is 832 g/mol. The molecule has 0 fully saturated rings. The molecule has 0 aliphatic heterocycles. The molecule has 0 bridgehead atoms. The van der Waals surface area contributed by atoms with Gasteiger partial charge in [-0.15, -0.1) is 0 Å². The van der Waals surface area contributed by atoms with Crippen LogP contribution in [-0.2, 0) is 52.1 Å². The minimum Gasteiger partial charge on any atom is -0.379 e. The Bertz CT molecular complexity index is 1060. The van der Waals surface area contributed by atoms with Gasteiger partial charge in [0.05, 0.1) is 157 Å². The fourth-order valence-corrected chi connectivity index (χ4v) is 5.59. The molecule has 1 aromatic carbocycles. The van der Waals surface area contributed by atoms with E-state index in [1.165, 1.54) is 30.6 Å². The number of benzene rings is 1. The normalized spacial score (nSPS) is 14.7. The molecule has 58 heavy (non-hydrogen) atoms. The molecular weight excluding hydrogens is 744 g/mol. The van der Waals surface area contributed by atoms with Crippen molar-refractivity contribution >= 4 is 5.69 Å². The van der Waals surface area contributed by atoms with Gasteiger partial charge in [0.1, 0.15) is 6.54 Å². The number of ether oxygens (including phenoxy) is 11. The summed E-state index contributed by atoms with van der Waals surface area (Å²) in [6.45, 7) is 30.2. The molecule has 0 heterocycles. The quantitative estimate of drug-likeness (QED) is 0.0553. The number of hydrogen-bond donors (Lipinski definition) is 0. The standard InChI is InChI=1S/C45H87N2O11/c1-11-13-19-47(9,10)20-23-54-41(5)35-56-43(7)37-58-44(8)38-57-42(6)36-55-40(4)17-21-48-24-26-50-28-30-52-32-33-53-31-29-51-27-25-49-22-18-46(12-2)45-16-14-15-39(3)34-45/h14-16,34,40-44H,11-13,17-33,35-38H2,1-10H3/q+1. The van der Waals surface area contributed by atoms with Gasteiger partial charge in [-0.2, -0.15) is 0 Å². The highest BCUT2D eigenvalue weighted by molar-refractivity contribution is 5.48. The summed E-state index contributed by atoms with van der Waals surface area (Å²) in [5.41, 5.74) is 2.50. The average Bonchev–Trinajstić information content (AvgIpc) is 3.20. The minimum atomic E-state index is -0.0371. The maximum atomic E-state index is 5.99. The van der Waals surface area contributed by atoms with E-state index in [-0.39, 0.29) is 30.5 Å². The van der Waals surface area contributed by atoms with Crippen LogP contribution < -0.4 is 4.90 Å². The number of anilines is 1. The van der Waals surface area contributed by atoms with Crippen LogP contribution in [0.15, 0.2) is 24.3 Å². The second kappa shape index (κ2) is 36.2. The zero-order valence-electron chi connectivity index (χ0n) is 38.6. The lowest BCUT2D eigenvalue weighted by atomic mass is 10.2. The van der Waals surface area contributed by atoms with Gasteiger partial charge in [0.15, 0.2) is 0 Å². The molecule has 0 aromatic heterocycles. The Kier molecular flexibility index (Phi) is 34.1. The van der Waals surface area contributed by atoms with Crippen LogP contribution >= 0.6 is 0 Å². The van der Waals surface area contributed by atoms with E-state index in [4.69, 9.17) is 52.1 Å². The Morgan fingerprint density at radius 1 is 0.517 bits per heavy atom. The number of quaternary nitrogens is 1. The first-order chi connectivity index (χ1) is 28.0. The van der Waals surface area contributed by atoms with Crippen LogP contribution in [0.25, 0.3) is 0 Å². The summed E-state index contributed by atoms with van der Waals surface area (Å²) >= 11 is 0. The average molecular weight is 832 g/mol. The maximum absolute atomic E-state index is 5.99. The lowest BCUT2D eigenvalue weighted by Gasteiger charge is -2.30. The summed E-state index contributed by atoms with van der Waals surface area (Å²) < 4.78 is 64.6. The van der Waals surface area contributed by atoms with Gasteiger partial charge in [0.2, 0.25) is 0 Å². The Morgan fingerprint density at radius 2 is 0.948 bits per heavy atom. The third kappa shape index (κ3) is 32.3. The minimum absolute atomic E-state index is 0.0153. The molecule has 5 atom stereocenters. The smallest absolute Gasteiger partial charge is 0.102 e.